The number of benzene rings is 1. The Morgan fingerprint density at radius 2 is 1.89 bits per heavy atom. The summed E-state index contributed by atoms with van der Waals surface area (Å²) >= 11 is 12.0. The first-order chi connectivity index (χ1) is 8.80. The monoisotopic (exact) mass is 320 g/mol. The fourth-order valence-corrected chi connectivity index (χ4v) is 3.58. The molecule has 0 fully saturated rings. The maximum Gasteiger partial charge on any atom is 0.392 e. The fourth-order valence-electron chi connectivity index (χ4n) is 1.66. The number of rotatable bonds is 7. The molecule has 0 aliphatic rings. The zero-order valence-electron chi connectivity index (χ0n) is 12.0. The Labute approximate surface area is 127 Å². The molecule has 0 saturated heterocycles. The minimum Gasteiger partial charge on any atom is -0.519 e. The summed E-state index contributed by atoms with van der Waals surface area (Å²) in [5, 5.41) is 1.13. The Morgan fingerprint density at radius 3 is 2.47 bits per heavy atom. The van der Waals surface area contributed by atoms with Crippen molar-refractivity contribution in [2.45, 2.75) is 39.8 Å². The average Bonchev–Trinajstić information content (AvgIpc) is 2.28. The highest BCUT2D eigenvalue weighted by atomic mass is 35.5. The van der Waals surface area contributed by atoms with Gasteiger partial charge in [-0.3, -0.25) is 0 Å². The van der Waals surface area contributed by atoms with Crippen LogP contribution in [-0.2, 0) is 4.43 Å². The van der Waals surface area contributed by atoms with Gasteiger partial charge in [0.1, 0.15) is 5.75 Å². The molecule has 0 amide bonds. The summed E-state index contributed by atoms with van der Waals surface area (Å²) in [4.78, 5) is 0. The van der Waals surface area contributed by atoms with Gasteiger partial charge in [0, 0.05) is 11.6 Å². The van der Waals surface area contributed by atoms with Crippen LogP contribution < -0.4 is 4.43 Å². The van der Waals surface area contributed by atoms with Gasteiger partial charge in [-0.1, -0.05) is 37.0 Å². The molecule has 0 aliphatic heterocycles. The second-order valence-corrected chi connectivity index (χ2v) is 9.60. The second kappa shape index (κ2) is 7.53. The van der Waals surface area contributed by atoms with E-state index in [1.54, 1.807) is 18.2 Å². The van der Waals surface area contributed by atoms with Crippen molar-refractivity contribution in [2.75, 3.05) is 6.61 Å². The maximum atomic E-state index is 6.10. The smallest absolute Gasteiger partial charge is 0.392 e. The van der Waals surface area contributed by atoms with Crippen LogP contribution >= 0.6 is 23.2 Å². The molecular weight excluding hydrogens is 299 g/mol. The Morgan fingerprint density at radius 1 is 1.21 bits per heavy atom. The van der Waals surface area contributed by atoms with Crippen LogP contribution in [0, 0.1) is 5.92 Å². The molecule has 0 saturated carbocycles. The molecule has 0 N–H and O–H groups in total. The Balaban J connectivity index is 2.49. The van der Waals surface area contributed by atoms with E-state index in [1.807, 2.05) is 13.1 Å². The third kappa shape index (κ3) is 6.66. The van der Waals surface area contributed by atoms with Crippen LogP contribution in [0.1, 0.15) is 26.7 Å². The van der Waals surface area contributed by atoms with Gasteiger partial charge in [-0.25, -0.2) is 0 Å². The van der Waals surface area contributed by atoms with Crippen molar-refractivity contribution in [1.82, 2.24) is 0 Å². The van der Waals surface area contributed by atoms with Crippen LogP contribution in [0.15, 0.2) is 18.2 Å². The molecule has 5 heteroatoms. The molecule has 0 aliphatic carbocycles. The van der Waals surface area contributed by atoms with Crippen molar-refractivity contribution >= 4 is 31.8 Å². The van der Waals surface area contributed by atoms with Gasteiger partial charge in [0.05, 0.1) is 5.02 Å². The molecule has 1 rings (SSSR count). The summed E-state index contributed by atoms with van der Waals surface area (Å²) < 4.78 is 11.8. The molecule has 0 unspecified atom stereocenters. The van der Waals surface area contributed by atoms with Gasteiger partial charge in [-0.15, -0.1) is 0 Å². The lowest BCUT2D eigenvalue weighted by Gasteiger charge is -2.24. The number of halogens is 2. The lowest BCUT2D eigenvalue weighted by atomic mass is 10.1. The highest BCUT2D eigenvalue weighted by Gasteiger charge is 2.27. The van der Waals surface area contributed by atoms with Gasteiger partial charge in [0.15, 0.2) is 0 Å². The van der Waals surface area contributed by atoms with Crippen molar-refractivity contribution in [3.05, 3.63) is 28.2 Å². The van der Waals surface area contributed by atoms with Crippen molar-refractivity contribution in [1.29, 1.82) is 0 Å². The summed E-state index contributed by atoms with van der Waals surface area (Å²) in [5.74, 6) is 1.35. The van der Waals surface area contributed by atoms with E-state index in [0.29, 0.717) is 21.7 Å². The topological polar surface area (TPSA) is 18.5 Å². The fraction of sp³-hybridized carbons (Fsp3) is 0.571. The van der Waals surface area contributed by atoms with E-state index in [-0.39, 0.29) is 0 Å². The van der Waals surface area contributed by atoms with Crippen LogP contribution in [0.4, 0.5) is 0 Å². The van der Waals surface area contributed by atoms with E-state index in [2.05, 4.69) is 13.8 Å². The molecule has 0 bridgehead atoms. The van der Waals surface area contributed by atoms with E-state index < -0.39 is 8.56 Å². The first-order valence-corrected chi connectivity index (χ1v) is 10.2. The minimum absolute atomic E-state index is 0.527. The molecule has 1 aromatic carbocycles. The zero-order chi connectivity index (χ0) is 14.5. The second-order valence-electron chi connectivity index (χ2n) is 5.46. The van der Waals surface area contributed by atoms with Gasteiger partial charge < -0.3 is 8.85 Å². The van der Waals surface area contributed by atoms with Gasteiger partial charge in [-0.05, 0) is 50.1 Å². The highest BCUT2D eigenvalue weighted by Crippen LogP contribution is 2.29. The summed E-state index contributed by atoms with van der Waals surface area (Å²) in [7, 11) is -2.19. The number of hydrogen-bond donors (Lipinski definition) is 0. The van der Waals surface area contributed by atoms with Crippen LogP contribution in [0.3, 0.4) is 0 Å². The molecule has 0 aromatic heterocycles. The van der Waals surface area contributed by atoms with Crippen LogP contribution in [0.25, 0.3) is 0 Å². The van der Waals surface area contributed by atoms with Crippen molar-refractivity contribution < 1.29 is 8.85 Å². The van der Waals surface area contributed by atoms with Gasteiger partial charge in [0.25, 0.3) is 0 Å². The van der Waals surface area contributed by atoms with Gasteiger partial charge in [-0.2, -0.15) is 0 Å². The maximum absolute atomic E-state index is 6.10. The summed E-state index contributed by atoms with van der Waals surface area (Å²) in [6.07, 6.45) is 2.23. The first kappa shape index (κ1) is 16.8. The summed E-state index contributed by atoms with van der Waals surface area (Å²) in [6.45, 7) is 9.21. The molecule has 2 nitrogen and oxygen atoms in total. The van der Waals surface area contributed by atoms with Crippen LogP contribution in [-0.4, -0.2) is 15.2 Å². The molecular formula is C14H22Cl2O2Si. The summed E-state index contributed by atoms with van der Waals surface area (Å²) in [5.41, 5.74) is 0. The predicted molar refractivity (Wildman–Crippen MR) is 84.6 cm³/mol. The number of hydrogen-bond acceptors (Lipinski definition) is 2. The SMILES string of the molecule is CC(C)CCCO[Si](C)(C)Oc1ccc(Cl)cc1Cl. The van der Waals surface area contributed by atoms with Gasteiger partial charge >= 0.3 is 8.56 Å². The van der Waals surface area contributed by atoms with E-state index in [0.717, 1.165) is 13.0 Å². The molecule has 1 aromatic rings. The van der Waals surface area contributed by atoms with E-state index in [9.17, 15) is 0 Å². The molecule has 0 heterocycles. The molecule has 108 valence electrons. The van der Waals surface area contributed by atoms with Crippen molar-refractivity contribution in [3.8, 4) is 5.75 Å². The average molecular weight is 321 g/mol. The first-order valence-electron chi connectivity index (χ1n) is 6.58. The summed E-state index contributed by atoms with van der Waals surface area (Å²) in [6, 6.07) is 5.24. The van der Waals surface area contributed by atoms with Gasteiger partial charge in [0.2, 0.25) is 0 Å². The van der Waals surface area contributed by atoms with E-state index in [1.165, 1.54) is 6.42 Å². The molecule has 0 atom stereocenters. The Hall–Kier alpha value is -0.223. The Kier molecular flexibility index (Phi) is 6.67. The molecule has 19 heavy (non-hydrogen) atoms. The molecule has 0 radical (unpaired) electrons. The Bertz CT molecular complexity index is 408. The van der Waals surface area contributed by atoms with E-state index >= 15 is 0 Å². The zero-order valence-corrected chi connectivity index (χ0v) is 14.5. The lowest BCUT2D eigenvalue weighted by molar-refractivity contribution is 0.237. The largest absolute Gasteiger partial charge is 0.519 e. The standard InChI is InChI=1S/C14H22Cl2O2Si/c1-11(2)6-5-9-17-19(3,4)18-14-8-7-12(15)10-13(14)16/h7-8,10-11H,5-6,9H2,1-4H3. The third-order valence-corrected chi connectivity index (χ3v) is 4.77. The predicted octanol–water partition coefficient (Wildman–Crippen LogP) is 5.53. The third-order valence-electron chi connectivity index (χ3n) is 2.63. The normalized spacial score (nSPS) is 11.9. The lowest BCUT2D eigenvalue weighted by Crippen LogP contribution is -2.38. The minimum atomic E-state index is -2.19. The van der Waals surface area contributed by atoms with Crippen LogP contribution in [0.5, 0.6) is 5.75 Å². The quantitative estimate of drug-likeness (QED) is 0.486. The molecule has 0 spiro atoms. The van der Waals surface area contributed by atoms with Crippen molar-refractivity contribution in [3.63, 3.8) is 0 Å². The van der Waals surface area contributed by atoms with E-state index in [4.69, 9.17) is 32.1 Å². The van der Waals surface area contributed by atoms with Crippen molar-refractivity contribution in [2.24, 2.45) is 5.92 Å². The van der Waals surface area contributed by atoms with Crippen LogP contribution in [0.2, 0.25) is 23.1 Å². The highest BCUT2D eigenvalue weighted by molar-refractivity contribution is 6.65.